The maximum Gasteiger partial charge on any atom is 0.360 e. The second kappa shape index (κ2) is 6.07. The van der Waals surface area contributed by atoms with Crippen LogP contribution in [0.2, 0.25) is 0 Å². The highest BCUT2D eigenvalue weighted by atomic mass is 16.6. The van der Waals surface area contributed by atoms with Crippen LogP contribution in [0.1, 0.15) is 36.6 Å². The quantitative estimate of drug-likeness (QED) is 0.586. The second-order valence-corrected chi connectivity index (χ2v) is 5.61. The van der Waals surface area contributed by atoms with Crippen LogP contribution in [0.5, 0.6) is 0 Å². The molecule has 0 spiro atoms. The molecule has 0 saturated heterocycles. The maximum atomic E-state index is 12.2. The van der Waals surface area contributed by atoms with Crippen molar-refractivity contribution >= 4 is 23.6 Å². The van der Waals surface area contributed by atoms with E-state index in [-0.39, 0.29) is 11.5 Å². The van der Waals surface area contributed by atoms with E-state index in [1.165, 1.54) is 11.6 Å². The summed E-state index contributed by atoms with van der Waals surface area (Å²) in [4.78, 5) is 26.8. The number of aromatic nitrogens is 4. The van der Waals surface area contributed by atoms with Gasteiger partial charge in [-0.25, -0.2) is 14.5 Å². The first kappa shape index (κ1) is 15.6. The SMILES string of the molecule is CC(C)c1ccc(C=Cc2nc3[nH]ncn3c(=O)c2[N+](=O)[O-])cc1. The van der Waals surface area contributed by atoms with Crippen molar-refractivity contribution in [2.45, 2.75) is 19.8 Å². The van der Waals surface area contributed by atoms with Crippen molar-refractivity contribution in [2.75, 3.05) is 0 Å². The molecule has 0 saturated carbocycles. The molecule has 0 aliphatic rings. The minimum Gasteiger partial charge on any atom is -0.261 e. The Morgan fingerprint density at radius 3 is 2.58 bits per heavy atom. The summed E-state index contributed by atoms with van der Waals surface area (Å²) < 4.78 is 1.01. The third-order valence-corrected chi connectivity index (χ3v) is 3.68. The minimum atomic E-state index is -0.770. The Balaban J connectivity index is 2.04. The van der Waals surface area contributed by atoms with Gasteiger partial charge >= 0.3 is 11.2 Å². The smallest absolute Gasteiger partial charge is 0.261 e. The lowest BCUT2D eigenvalue weighted by Gasteiger charge is -2.04. The van der Waals surface area contributed by atoms with E-state index < -0.39 is 16.2 Å². The zero-order chi connectivity index (χ0) is 17.3. The van der Waals surface area contributed by atoms with Gasteiger partial charge in [-0.2, -0.15) is 5.10 Å². The summed E-state index contributed by atoms with van der Waals surface area (Å²) >= 11 is 0. The number of H-pyrrole nitrogens is 1. The Kier molecular flexibility index (Phi) is 3.95. The number of nitrogens with zero attached hydrogens (tertiary/aromatic N) is 4. The van der Waals surface area contributed by atoms with Crippen LogP contribution in [-0.4, -0.2) is 24.5 Å². The van der Waals surface area contributed by atoms with Crippen LogP contribution in [0.4, 0.5) is 5.69 Å². The summed E-state index contributed by atoms with van der Waals surface area (Å²) in [5, 5.41) is 17.4. The molecule has 2 heterocycles. The third kappa shape index (κ3) is 2.81. The van der Waals surface area contributed by atoms with Crippen LogP contribution in [0.3, 0.4) is 0 Å². The van der Waals surface area contributed by atoms with Crippen LogP contribution in [0.25, 0.3) is 17.9 Å². The number of aromatic amines is 1. The van der Waals surface area contributed by atoms with Gasteiger partial charge in [-0.15, -0.1) is 0 Å². The Labute approximate surface area is 136 Å². The van der Waals surface area contributed by atoms with E-state index in [9.17, 15) is 14.9 Å². The number of rotatable bonds is 4. The zero-order valence-electron chi connectivity index (χ0n) is 13.1. The Morgan fingerprint density at radius 2 is 1.96 bits per heavy atom. The van der Waals surface area contributed by atoms with Crippen LogP contribution in [0.15, 0.2) is 35.4 Å². The van der Waals surface area contributed by atoms with Crippen molar-refractivity contribution in [1.29, 1.82) is 0 Å². The minimum absolute atomic E-state index is 0.0119. The monoisotopic (exact) mass is 325 g/mol. The molecule has 0 radical (unpaired) electrons. The van der Waals surface area contributed by atoms with Gasteiger partial charge in [0.2, 0.25) is 5.78 Å². The summed E-state index contributed by atoms with van der Waals surface area (Å²) in [5.41, 5.74) is 0.702. The maximum absolute atomic E-state index is 12.2. The molecule has 0 aliphatic carbocycles. The van der Waals surface area contributed by atoms with Crippen molar-refractivity contribution in [3.63, 3.8) is 0 Å². The van der Waals surface area contributed by atoms with Gasteiger partial charge in [-0.1, -0.05) is 44.2 Å². The average molecular weight is 325 g/mol. The fourth-order valence-electron chi connectivity index (χ4n) is 2.33. The lowest BCUT2D eigenvalue weighted by Crippen LogP contribution is -2.18. The first-order chi connectivity index (χ1) is 11.5. The largest absolute Gasteiger partial charge is 0.360 e. The van der Waals surface area contributed by atoms with Crippen LogP contribution < -0.4 is 5.56 Å². The van der Waals surface area contributed by atoms with E-state index in [0.29, 0.717) is 5.92 Å². The molecule has 0 unspecified atom stereocenters. The number of nitro groups is 1. The highest BCUT2D eigenvalue weighted by Gasteiger charge is 2.22. The number of benzene rings is 1. The second-order valence-electron chi connectivity index (χ2n) is 5.61. The predicted molar refractivity (Wildman–Crippen MR) is 89.7 cm³/mol. The van der Waals surface area contributed by atoms with Crippen LogP contribution >= 0.6 is 0 Å². The lowest BCUT2D eigenvalue weighted by atomic mass is 10.0. The molecule has 8 nitrogen and oxygen atoms in total. The molecule has 0 fully saturated rings. The number of nitrogens with one attached hydrogen (secondary N) is 1. The van der Waals surface area contributed by atoms with Gasteiger partial charge in [-0.3, -0.25) is 14.9 Å². The molecule has 3 rings (SSSR count). The molecule has 1 N–H and O–H groups in total. The Morgan fingerprint density at radius 1 is 1.25 bits per heavy atom. The van der Waals surface area contributed by atoms with Crippen molar-refractivity contribution < 1.29 is 4.92 Å². The van der Waals surface area contributed by atoms with Gasteiger partial charge in [-0.05, 0) is 23.1 Å². The van der Waals surface area contributed by atoms with Gasteiger partial charge < -0.3 is 0 Å². The molecule has 2 aromatic heterocycles. The normalized spacial score (nSPS) is 11.6. The Hall–Kier alpha value is -3.29. The zero-order valence-corrected chi connectivity index (χ0v) is 13.1. The lowest BCUT2D eigenvalue weighted by molar-refractivity contribution is -0.386. The molecule has 1 aromatic carbocycles. The van der Waals surface area contributed by atoms with E-state index in [4.69, 9.17) is 0 Å². The average Bonchev–Trinajstić information content (AvgIpc) is 3.01. The fourth-order valence-corrected chi connectivity index (χ4v) is 2.33. The molecule has 0 atom stereocenters. The molecule has 0 aliphatic heterocycles. The molecule has 122 valence electrons. The topological polar surface area (TPSA) is 106 Å². The molecule has 0 bridgehead atoms. The van der Waals surface area contributed by atoms with E-state index in [1.54, 1.807) is 6.08 Å². The van der Waals surface area contributed by atoms with Crippen molar-refractivity contribution in [3.05, 3.63) is 67.9 Å². The predicted octanol–water partition coefficient (Wildman–Crippen LogP) is 2.62. The molecule has 0 amide bonds. The van der Waals surface area contributed by atoms with Gasteiger partial charge in [0.15, 0.2) is 5.69 Å². The standard InChI is InChI=1S/C16H15N5O3/c1-10(2)12-6-3-11(4-7-12)5-8-13-14(21(23)24)15(22)20-9-17-19-16(20)18-13/h3-10H,1-2H3,(H,18,19). The van der Waals surface area contributed by atoms with Gasteiger partial charge in [0.1, 0.15) is 6.33 Å². The van der Waals surface area contributed by atoms with Gasteiger partial charge in [0, 0.05) is 0 Å². The number of hydrogen-bond acceptors (Lipinski definition) is 5. The van der Waals surface area contributed by atoms with E-state index in [0.717, 1.165) is 16.3 Å². The first-order valence-electron chi connectivity index (χ1n) is 7.35. The Bertz CT molecular complexity index is 983. The molecule has 24 heavy (non-hydrogen) atoms. The van der Waals surface area contributed by atoms with E-state index in [2.05, 4.69) is 29.0 Å². The molecular formula is C16H15N5O3. The number of fused-ring (bicyclic) bond motifs is 1. The summed E-state index contributed by atoms with van der Waals surface area (Å²) in [5.74, 6) is 0.578. The van der Waals surface area contributed by atoms with E-state index in [1.807, 2.05) is 24.3 Å². The number of hydrogen-bond donors (Lipinski definition) is 1. The van der Waals surface area contributed by atoms with Gasteiger partial charge in [0.25, 0.3) is 0 Å². The van der Waals surface area contributed by atoms with Gasteiger partial charge in [0.05, 0.1) is 4.92 Å². The first-order valence-corrected chi connectivity index (χ1v) is 7.35. The highest BCUT2D eigenvalue weighted by Crippen LogP contribution is 2.18. The van der Waals surface area contributed by atoms with Crippen LogP contribution in [-0.2, 0) is 0 Å². The summed E-state index contributed by atoms with van der Waals surface area (Å²) in [6, 6.07) is 7.83. The fraction of sp³-hybridized carbons (Fsp3) is 0.188. The van der Waals surface area contributed by atoms with Crippen LogP contribution in [0, 0.1) is 10.1 Å². The van der Waals surface area contributed by atoms with Crippen molar-refractivity contribution in [3.8, 4) is 0 Å². The summed E-state index contributed by atoms with van der Waals surface area (Å²) in [7, 11) is 0. The van der Waals surface area contributed by atoms with Crippen molar-refractivity contribution in [1.82, 2.24) is 19.6 Å². The summed E-state index contributed by atoms with van der Waals surface area (Å²) in [6.07, 6.45) is 4.31. The third-order valence-electron chi connectivity index (χ3n) is 3.68. The van der Waals surface area contributed by atoms with E-state index >= 15 is 0 Å². The van der Waals surface area contributed by atoms with Crippen molar-refractivity contribution in [2.24, 2.45) is 0 Å². The molecular weight excluding hydrogens is 310 g/mol. The molecule has 8 heteroatoms. The molecule has 3 aromatic rings. The summed E-state index contributed by atoms with van der Waals surface area (Å²) in [6.45, 7) is 4.20. The highest BCUT2D eigenvalue weighted by molar-refractivity contribution is 5.72.